The van der Waals surface area contributed by atoms with Gasteiger partial charge in [0.2, 0.25) is 5.91 Å². The van der Waals surface area contributed by atoms with Gasteiger partial charge in [0.25, 0.3) is 0 Å². The zero-order chi connectivity index (χ0) is 13.7. The third-order valence-electron chi connectivity index (χ3n) is 3.49. The molecule has 1 aromatic heterocycles. The van der Waals surface area contributed by atoms with Crippen LogP contribution in [0.1, 0.15) is 31.2 Å². The van der Waals surface area contributed by atoms with E-state index in [9.17, 15) is 9.59 Å². The number of carboxylic acid groups (broad SMARTS) is 1. The zero-order valence-corrected chi connectivity index (χ0v) is 10.8. The molecule has 1 atom stereocenters. The van der Waals surface area contributed by atoms with Crippen molar-refractivity contribution in [3.05, 3.63) is 30.1 Å². The Bertz CT molecular complexity index is 447. The molecule has 19 heavy (non-hydrogen) atoms. The third kappa shape index (κ3) is 4.05. The maximum absolute atomic E-state index is 12.0. The molecular weight excluding hydrogens is 244 g/mol. The van der Waals surface area contributed by atoms with E-state index in [4.69, 9.17) is 5.11 Å². The number of pyridine rings is 1. The van der Waals surface area contributed by atoms with Gasteiger partial charge < -0.3 is 10.0 Å². The first-order valence-corrected chi connectivity index (χ1v) is 6.53. The summed E-state index contributed by atoms with van der Waals surface area (Å²) >= 11 is 0. The number of carbonyl (C=O) groups excluding carboxylic acids is 1. The molecule has 1 unspecified atom stereocenters. The summed E-state index contributed by atoms with van der Waals surface area (Å²) in [6, 6.07) is 3.80. The predicted octanol–water partition coefficient (Wildman–Crippen LogP) is 1.69. The number of likely N-dealkylation sites (tertiary alicyclic amines) is 1. The topological polar surface area (TPSA) is 70.5 Å². The molecule has 0 aromatic carbocycles. The molecule has 1 saturated heterocycles. The highest BCUT2D eigenvalue weighted by molar-refractivity contribution is 5.76. The number of carboxylic acids is 1. The van der Waals surface area contributed by atoms with Crippen LogP contribution in [0.4, 0.5) is 0 Å². The lowest BCUT2D eigenvalue weighted by Crippen LogP contribution is -2.29. The van der Waals surface area contributed by atoms with Crippen molar-refractivity contribution in [2.24, 2.45) is 5.92 Å². The number of hydrogen-bond donors (Lipinski definition) is 1. The molecule has 0 saturated carbocycles. The van der Waals surface area contributed by atoms with Gasteiger partial charge in [0, 0.05) is 38.3 Å². The first-order chi connectivity index (χ1) is 9.15. The van der Waals surface area contributed by atoms with Crippen molar-refractivity contribution in [3.8, 4) is 0 Å². The molecule has 0 bridgehead atoms. The summed E-state index contributed by atoms with van der Waals surface area (Å²) in [5, 5.41) is 8.82. The fourth-order valence-corrected chi connectivity index (χ4v) is 2.42. The van der Waals surface area contributed by atoms with Gasteiger partial charge in [-0.15, -0.1) is 0 Å². The third-order valence-corrected chi connectivity index (χ3v) is 3.49. The smallest absolute Gasteiger partial charge is 0.303 e. The van der Waals surface area contributed by atoms with Crippen molar-refractivity contribution in [3.63, 3.8) is 0 Å². The minimum absolute atomic E-state index is 0.108. The van der Waals surface area contributed by atoms with Gasteiger partial charge in [0.1, 0.15) is 0 Å². The average molecular weight is 262 g/mol. The minimum Gasteiger partial charge on any atom is -0.481 e. The van der Waals surface area contributed by atoms with Crippen molar-refractivity contribution in [1.82, 2.24) is 9.88 Å². The Labute approximate surface area is 112 Å². The summed E-state index contributed by atoms with van der Waals surface area (Å²) < 4.78 is 0. The van der Waals surface area contributed by atoms with E-state index in [1.165, 1.54) is 0 Å². The molecule has 2 heterocycles. The zero-order valence-electron chi connectivity index (χ0n) is 10.8. The molecule has 0 aliphatic carbocycles. The van der Waals surface area contributed by atoms with Crippen LogP contribution in [0.3, 0.4) is 0 Å². The maximum Gasteiger partial charge on any atom is 0.303 e. The van der Waals surface area contributed by atoms with Gasteiger partial charge >= 0.3 is 5.97 Å². The Morgan fingerprint density at radius 3 is 3.00 bits per heavy atom. The normalized spacial score (nSPS) is 20.1. The number of amides is 1. The Morgan fingerprint density at radius 2 is 2.32 bits per heavy atom. The van der Waals surface area contributed by atoms with Crippen LogP contribution in [0.2, 0.25) is 0 Å². The summed E-state index contributed by atoms with van der Waals surface area (Å²) in [5.74, 6) is -0.560. The second-order valence-electron chi connectivity index (χ2n) is 4.97. The fraction of sp³-hybridized carbons (Fsp3) is 0.500. The number of aliphatic carboxylic acids is 1. The van der Waals surface area contributed by atoms with Crippen LogP contribution in [0.25, 0.3) is 0 Å². The highest BCUT2D eigenvalue weighted by atomic mass is 16.4. The summed E-state index contributed by atoms with van der Waals surface area (Å²) in [4.78, 5) is 28.6. The van der Waals surface area contributed by atoms with Crippen molar-refractivity contribution in [2.45, 2.75) is 32.2 Å². The SMILES string of the molecule is O=C(O)CC1CCC(=O)N(Cc2cccnc2)CC1. The van der Waals surface area contributed by atoms with Gasteiger partial charge in [0.05, 0.1) is 0 Å². The fourth-order valence-electron chi connectivity index (χ4n) is 2.42. The lowest BCUT2D eigenvalue weighted by molar-refractivity contribution is -0.138. The molecule has 1 aliphatic rings. The van der Waals surface area contributed by atoms with E-state index in [1.807, 2.05) is 12.1 Å². The highest BCUT2D eigenvalue weighted by Crippen LogP contribution is 2.22. The lowest BCUT2D eigenvalue weighted by Gasteiger charge is -2.20. The molecule has 2 rings (SSSR count). The Morgan fingerprint density at radius 1 is 1.47 bits per heavy atom. The molecule has 0 spiro atoms. The molecule has 5 nitrogen and oxygen atoms in total. The van der Waals surface area contributed by atoms with Crippen LogP contribution in [0, 0.1) is 5.92 Å². The number of nitrogens with zero attached hydrogens (tertiary/aromatic N) is 2. The van der Waals surface area contributed by atoms with Gasteiger partial charge in [-0.05, 0) is 30.4 Å². The van der Waals surface area contributed by atoms with Crippen LogP contribution < -0.4 is 0 Å². The van der Waals surface area contributed by atoms with Gasteiger partial charge in [0.15, 0.2) is 0 Å². The Balaban J connectivity index is 1.95. The quantitative estimate of drug-likeness (QED) is 0.896. The van der Waals surface area contributed by atoms with E-state index >= 15 is 0 Å². The largest absolute Gasteiger partial charge is 0.481 e. The minimum atomic E-state index is -0.779. The van der Waals surface area contributed by atoms with E-state index in [-0.39, 0.29) is 18.2 Å². The van der Waals surface area contributed by atoms with Gasteiger partial charge in [-0.3, -0.25) is 14.6 Å². The molecular formula is C14H18N2O3. The van der Waals surface area contributed by atoms with Crippen LogP contribution in [0.5, 0.6) is 0 Å². The van der Waals surface area contributed by atoms with Crippen molar-refractivity contribution in [2.75, 3.05) is 6.54 Å². The van der Waals surface area contributed by atoms with E-state index in [2.05, 4.69) is 4.98 Å². The van der Waals surface area contributed by atoms with E-state index < -0.39 is 5.97 Å². The second kappa shape index (κ2) is 6.31. The maximum atomic E-state index is 12.0. The number of carbonyl (C=O) groups is 2. The highest BCUT2D eigenvalue weighted by Gasteiger charge is 2.23. The lowest BCUT2D eigenvalue weighted by atomic mass is 9.97. The predicted molar refractivity (Wildman–Crippen MR) is 69.2 cm³/mol. The van der Waals surface area contributed by atoms with Gasteiger partial charge in [-0.1, -0.05) is 6.07 Å². The second-order valence-corrected chi connectivity index (χ2v) is 4.97. The van der Waals surface area contributed by atoms with Gasteiger partial charge in [-0.25, -0.2) is 0 Å². The van der Waals surface area contributed by atoms with Gasteiger partial charge in [-0.2, -0.15) is 0 Å². The first-order valence-electron chi connectivity index (χ1n) is 6.53. The molecule has 0 radical (unpaired) electrons. The number of aromatic nitrogens is 1. The van der Waals surface area contributed by atoms with Crippen LogP contribution in [0.15, 0.2) is 24.5 Å². The standard InChI is InChI=1S/C14H18N2O3/c17-13-4-3-11(8-14(18)19)5-7-16(13)10-12-2-1-6-15-9-12/h1-2,6,9,11H,3-5,7-8,10H2,(H,18,19). The molecule has 1 amide bonds. The molecule has 1 N–H and O–H groups in total. The molecule has 1 aliphatic heterocycles. The van der Waals surface area contributed by atoms with Crippen LogP contribution in [-0.4, -0.2) is 33.4 Å². The summed E-state index contributed by atoms with van der Waals surface area (Å²) in [6.45, 7) is 1.19. The molecule has 1 fully saturated rings. The van der Waals surface area contributed by atoms with Crippen molar-refractivity contribution in [1.29, 1.82) is 0 Å². The Kier molecular flexibility index (Phi) is 4.49. The van der Waals surface area contributed by atoms with Crippen molar-refractivity contribution < 1.29 is 14.7 Å². The summed E-state index contributed by atoms with van der Waals surface area (Å²) in [7, 11) is 0. The first kappa shape index (κ1) is 13.5. The monoisotopic (exact) mass is 262 g/mol. The summed E-state index contributed by atoms with van der Waals surface area (Å²) in [6.07, 6.45) is 5.50. The molecule has 1 aromatic rings. The number of rotatable bonds is 4. The van der Waals surface area contributed by atoms with E-state index in [0.29, 0.717) is 25.9 Å². The van der Waals surface area contributed by atoms with Crippen LogP contribution >= 0.6 is 0 Å². The van der Waals surface area contributed by atoms with Crippen molar-refractivity contribution >= 4 is 11.9 Å². The Hall–Kier alpha value is -1.91. The number of hydrogen-bond acceptors (Lipinski definition) is 3. The molecule has 102 valence electrons. The van der Waals surface area contributed by atoms with E-state index in [1.54, 1.807) is 17.3 Å². The van der Waals surface area contributed by atoms with Crippen LogP contribution in [-0.2, 0) is 16.1 Å². The molecule has 5 heteroatoms. The van der Waals surface area contributed by atoms with E-state index in [0.717, 1.165) is 12.0 Å². The summed E-state index contributed by atoms with van der Waals surface area (Å²) in [5.41, 5.74) is 1.01. The average Bonchev–Trinajstić information content (AvgIpc) is 2.55.